The smallest absolute Gasteiger partial charge is 0.362 e. The quantitative estimate of drug-likeness (QED) is 0.826. The van der Waals surface area contributed by atoms with E-state index in [9.17, 15) is 13.2 Å². The number of rotatable bonds is 2. The number of benzene rings is 1. The SMILES string of the molecule is [2H]c1cc2c(c([2H])c1OS(=O)(=O)O)CCC1=C2CC[C@]2(C)C(=O)C([2H])([2H])C[C@@H]12. The van der Waals surface area contributed by atoms with E-state index in [-0.39, 0.29) is 30.2 Å². The van der Waals surface area contributed by atoms with Crippen LogP contribution >= 0.6 is 0 Å². The summed E-state index contributed by atoms with van der Waals surface area (Å²) >= 11 is 0. The molecule has 4 rings (SSSR count). The van der Waals surface area contributed by atoms with Crippen LogP contribution in [0.3, 0.4) is 0 Å². The van der Waals surface area contributed by atoms with Gasteiger partial charge in [-0.25, -0.2) is 0 Å². The molecule has 24 heavy (non-hydrogen) atoms. The van der Waals surface area contributed by atoms with Crippen molar-refractivity contribution in [3.8, 4) is 5.75 Å². The zero-order chi connectivity index (χ0) is 20.6. The minimum atomic E-state index is -4.84. The number of allylic oxidation sites excluding steroid dienone is 2. The fourth-order valence-electron chi connectivity index (χ4n) is 4.31. The summed E-state index contributed by atoms with van der Waals surface area (Å²) in [5.74, 6) is -1.05. The molecule has 1 saturated carbocycles. The van der Waals surface area contributed by atoms with E-state index in [1.165, 1.54) is 6.07 Å². The van der Waals surface area contributed by atoms with Gasteiger partial charge in [0.25, 0.3) is 0 Å². The Hall–Kier alpha value is -1.66. The maximum Gasteiger partial charge on any atom is 0.446 e. The average Bonchev–Trinajstić information content (AvgIpc) is 2.77. The van der Waals surface area contributed by atoms with Gasteiger partial charge in [0.15, 0.2) is 0 Å². The number of fused-ring (bicyclic) bond motifs is 4. The van der Waals surface area contributed by atoms with Crippen LogP contribution in [-0.4, -0.2) is 18.8 Å². The van der Waals surface area contributed by atoms with E-state index in [0.29, 0.717) is 36.8 Å². The van der Waals surface area contributed by atoms with Gasteiger partial charge in [0.05, 0.1) is 2.74 Å². The summed E-state index contributed by atoms with van der Waals surface area (Å²) in [5, 5.41) is 0. The molecule has 2 atom stereocenters. The number of carbonyl (C=O) groups excluding carboxylic acids is 1. The molecular weight excluding hydrogens is 328 g/mol. The van der Waals surface area contributed by atoms with E-state index in [0.717, 1.165) is 11.1 Å². The zero-order valence-electron chi connectivity index (χ0n) is 17.2. The molecule has 0 heterocycles. The Morgan fingerprint density at radius 3 is 2.96 bits per heavy atom. The third-order valence-electron chi connectivity index (χ3n) is 5.55. The van der Waals surface area contributed by atoms with Crippen molar-refractivity contribution in [2.45, 2.75) is 45.4 Å². The summed E-state index contributed by atoms with van der Waals surface area (Å²) in [6, 6.07) is 0.885. The van der Waals surface area contributed by atoms with Crippen molar-refractivity contribution in [2.75, 3.05) is 0 Å². The molecule has 0 radical (unpaired) electrons. The van der Waals surface area contributed by atoms with Crippen molar-refractivity contribution in [1.82, 2.24) is 0 Å². The maximum atomic E-state index is 12.6. The predicted molar refractivity (Wildman–Crippen MR) is 88.9 cm³/mol. The molecule has 3 aliphatic carbocycles. The van der Waals surface area contributed by atoms with Gasteiger partial charge in [-0.2, -0.15) is 8.42 Å². The Morgan fingerprint density at radius 2 is 2.21 bits per heavy atom. The van der Waals surface area contributed by atoms with Crippen molar-refractivity contribution in [1.29, 1.82) is 0 Å². The van der Waals surface area contributed by atoms with Crippen LogP contribution in [0, 0.1) is 11.3 Å². The van der Waals surface area contributed by atoms with E-state index in [1.807, 2.05) is 6.92 Å². The Labute approximate surface area is 147 Å². The molecule has 1 fully saturated rings. The molecule has 3 aliphatic rings. The van der Waals surface area contributed by atoms with Gasteiger partial charge in [0.2, 0.25) is 0 Å². The molecule has 1 aromatic rings. The lowest BCUT2D eigenvalue weighted by Gasteiger charge is -2.40. The van der Waals surface area contributed by atoms with Crippen molar-refractivity contribution in [3.05, 3.63) is 34.9 Å². The zero-order valence-corrected chi connectivity index (χ0v) is 14.0. The highest BCUT2D eigenvalue weighted by Gasteiger charge is 2.50. The van der Waals surface area contributed by atoms with E-state index >= 15 is 0 Å². The van der Waals surface area contributed by atoms with Crippen molar-refractivity contribution in [3.63, 3.8) is 0 Å². The molecule has 0 bridgehead atoms. The second-order valence-electron chi connectivity index (χ2n) is 6.83. The van der Waals surface area contributed by atoms with Crippen LogP contribution in [0.1, 0.15) is 55.6 Å². The van der Waals surface area contributed by atoms with Crippen molar-refractivity contribution >= 4 is 21.8 Å². The standard InChI is InChI=1S/C18H20O5S/c1-18-9-8-14-13-5-3-12(23-24(20,21)22)10-11(13)2-4-15(14)16(18)6-7-17(18)19/h3,5,10,16H,2,4,6-9H2,1H3,(H,20,21,22)/t16-,18-/m0/s1/i3D,7D2,10D. The Balaban J connectivity index is 1.84. The van der Waals surface area contributed by atoms with Gasteiger partial charge in [-0.1, -0.05) is 18.6 Å². The minimum absolute atomic E-state index is 0.141. The van der Waals surface area contributed by atoms with Crippen LogP contribution in [0.2, 0.25) is 0 Å². The van der Waals surface area contributed by atoms with Crippen LogP contribution in [-0.2, 0) is 21.6 Å². The van der Waals surface area contributed by atoms with Crippen molar-refractivity contribution in [2.24, 2.45) is 11.3 Å². The van der Waals surface area contributed by atoms with E-state index in [4.69, 9.17) is 10.0 Å². The summed E-state index contributed by atoms with van der Waals surface area (Å²) in [4.78, 5) is 12.6. The van der Waals surface area contributed by atoms with Gasteiger partial charge in [0, 0.05) is 14.5 Å². The molecular formula is C18H20O5S. The van der Waals surface area contributed by atoms with E-state index in [2.05, 4.69) is 4.18 Å². The molecule has 0 aliphatic heterocycles. The Kier molecular flexibility index (Phi) is 2.54. The molecule has 0 saturated heterocycles. The first-order valence-corrected chi connectivity index (χ1v) is 9.29. The Morgan fingerprint density at radius 1 is 1.42 bits per heavy atom. The fourth-order valence-corrected chi connectivity index (χ4v) is 4.61. The molecule has 0 spiro atoms. The number of carbonyl (C=O) groups is 1. The molecule has 0 amide bonds. The highest BCUT2D eigenvalue weighted by Crippen LogP contribution is 2.56. The fraction of sp³-hybridized carbons (Fsp3) is 0.500. The van der Waals surface area contributed by atoms with Crippen molar-refractivity contribution < 1.29 is 27.4 Å². The number of hydrogen-bond acceptors (Lipinski definition) is 4. The van der Waals surface area contributed by atoms with E-state index in [1.54, 1.807) is 0 Å². The average molecular weight is 352 g/mol. The largest absolute Gasteiger partial charge is 0.446 e. The lowest BCUT2D eigenvalue weighted by Crippen LogP contribution is -2.34. The molecule has 0 unspecified atom stereocenters. The summed E-state index contributed by atoms with van der Waals surface area (Å²) in [6.45, 7) is 1.83. The van der Waals surface area contributed by atoms with Gasteiger partial charge < -0.3 is 4.18 Å². The second-order valence-corrected chi connectivity index (χ2v) is 7.85. The summed E-state index contributed by atoms with van der Waals surface area (Å²) in [5.41, 5.74) is 2.42. The third-order valence-corrected chi connectivity index (χ3v) is 5.93. The molecule has 0 aromatic heterocycles. The first kappa shape index (κ1) is 11.8. The maximum absolute atomic E-state index is 12.6. The molecule has 1 aromatic carbocycles. The Bertz CT molecular complexity index is 1050. The van der Waals surface area contributed by atoms with Gasteiger partial charge in [-0.15, -0.1) is 0 Å². The van der Waals surface area contributed by atoms with Crippen LogP contribution in [0.5, 0.6) is 5.75 Å². The van der Waals surface area contributed by atoms with Gasteiger partial charge >= 0.3 is 10.4 Å². The molecule has 128 valence electrons. The van der Waals surface area contributed by atoms with Crippen LogP contribution in [0.4, 0.5) is 0 Å². The van der Waals surface area contributed by atoms with E-state index < -0.39 is 27.9 Å². The van der Waals surface area contributed by atoms with Gasteiger partial charge in [-0.05, 0) is 66.8 Å². The lowest BCUT2D eigenvalue weighted by molar-refractivity contribution is -0.126. The predicted octanol–water partition coefficient (Wildman–Crippen LogP) is 3.35. The normalized spacial score (nSPS) is 33.6. The second kappa shape index (κ2) is 5.17. The molecule has 1 N–H and O–H groups in total. The summed E-state index contributed by atoms with van der Waals surface area (Å²) < 4.78 is 67.9. The monoisotopic (exact) mass is 352 g/mol. The van der Waals surface area contributed by atoms with Gasteiger partial charge in [0.1, 0.15) is 11.5 Å². The van der Waals surface area contributed by atoms with Gasteiger partial charge in [-0.3, -0.25) is 9.35 Å². The lowest BCUT2D eigenvalue weighted by atomic mass is 9.63. The first-order chi connectivity index (χ1) is 12.8. The number of Topliss-reactive ketones (excluding diaryl/α,β-unsaturated/α-hetero) is 1. The summed E-state index contributed by atoms with van der Waals surface area (Å²) in [6.07, 6.45) is 0.268. The number of ketones is 1. The minimum Gasteiger partial charge on any atom is -0.362 e. The summed E-state index contributed by atoms with van der Waals surface area (Å²) in [7, 11) is -4.84. The number of hydrogen-bond donors (Lipinski definition) is 1. The topological polar surface area (TPSA) is 80.7 Å². The molecule has 5 nitrogen and oxygen atoms in total. The highest BCUT2D eigenvalue weighted by atomic mass is 32.3. The third kappa shape index (κ3) is 2.40. The van der Waals surface area contributed by atoms with Crippen LogP contribution in [0.15, 0.2) is 23.7 Å². The highest BCUT2D eigenvalue weighted by molar-refractivity contribution is 7.81. The molecule has 6 heteroatoms. The van der Waals surface area contributed by atoms with Crippen LogP contribution in [0.25, 0.3) is 5.57 Å². The first-order valence-electron chi connectivity index (χ1n) is 9.92. The van der Waals surface area contributed by atoms with Crippen LogP contribution < -0.4 is 4.18 Å².